The van der Waals surface area contributed by atoms with Crippen LogP contribution >= 0.6 is 0 Å². The van der Waals surface area contributed by atoms with Gasteiger partial charge in [-0.3, -0.25) is 9.59 Å². The zero-order valence-electron chi connectivity index (χ0n) is 20.4. The van der Waals surface area contributed by atoms with Crippen molar-refractivity contribution in [2.45, 2.75) is 141 Å². The van der Waals surface area contributed by atoms with Gasteiger partial charge in [-0.25, -0.2) is 0 Å². The first-order valence-corrected chi connectivity index (χ1v) is 12.4. The van der Waals surface area contributed by atoms with Gasteiger partial charge in [0.1, 0.15) is 24.4 Å². The molecule has 33 heavy (non-hydrogen) atoms. The Morgan fingerprint density at radius 1 is 0.879 bits per heavy atom. The fourth-order valence-electron chi connectivity index (χ4n) is 3.95. The van der Waals surface area contributed by atoms with Gasteiger partial charge >= 0.3 is 11.9 Å². The molecular weight excluding hydrogens is 432 g/mol. The Bertz CT molecular complexity index is 556. The molecule has 194 valence electrons. The lowest BCUT2D eigenvalue weighted by molar-refractivity contribution is -0.302. The van der Waals surface area contributed by atoms with Crippen molar-refractivity contribution in [1.29, 1.82) is 0 Å². The number of hydrogen-bond acceptors (Lipinski definition) is 8. The maximum absolute atomic E-state index is 12.3. The van der Waals surface area contributed by atoms with E-state index in [0.717, 1.165) is 19.3 Å². The van der Waals surface area contributed by atoms with Gasteiger partial charge in [0, 0.05) is 0 Å². The SMILES string of the molecule is CCCCCCCCCCC[C@H](CC(=O)O)OC(=O)C[C@@H](C)O[C@@H]1O[C@@H](C)[C@H](O)[C@@H](O)[C@H]1O. The van der Waals surface area contributed by atoms with Gasteiger partial charge in [-0.1, -0.05) is 58.3 Å². The van der Waals surface area contributed by atoms with E-state index in [4.69, 9.17) is 19.3 Å². The predicted molar refractivity (Wildman–Crippen MR) is 121 cm³/mol. The number of aliphatic carboxylic acids is 1. The number of hydrogen-bond donors (Lipinski definition) is 4. The van der Waals surface area contributed by atoms with E-state index in [1.165, 1.54) is 45.4 Å². The summed E-state index contributed by atoms with van der Waals surface area (Å²) in [5.41, 5.74) is 0. The van der Waals surface area contributed by atoms with E-state index in [9.17, 15) is 24.9 Å². The Hall–Kier alpha value is -1.26. The van der Waals surface area contributed by atoms with Crippen molar-refractivity contribution in [1.82, 2.24) is 0 Å². The molecule has 0 unspecified atom stereocenters. The molecule has 1 fully saturated rings. The zero-order chi connectivity index (χ0) is 24.8. The van der Waals surface area contributed by atoms with Crippen molar-refractivity contribution in [2.75, 3.05) is 0 Å². The monoisotopic (exact) mass is 476 g/mol. The highest BCUT2D eigenvalue weighted by Gasteiger charge is 2.43. The van der Waals surface area contributed by atoms with Crippen LogP contribution in [-0.2, 0) is 23.8 Å². The van der Waals surface area contributed by atoms with Crippen molar-refractivity contribution < 1.29 is 44.2 Å². The average molecular weight is 477 g/mol. The third-order valence-electron chi connectivity index (χ3n) is 5.96. The maximum Gasteiger partial charge on any atom is 0.308 e. The number of unbranched alkanes of at least 4 members (excludes halogenated alkanes) is 8. The molecule has 1 aliphatic rings. The third kappa shape index (κ3) is 12.1. The van der Waals surface area contributed by atoms with Gasteiger partial charge in [0.05, 0.1) is 25.0 Å². The molecule has 0 saturated carbocycles. The van der Waals surface area contributed by atoms with Crippen LogP contribution in [0.5, 0.6) is 0 Å². The molecule has 0 aromatic rings. The number of carbonyl (C=O) groups is 2. The van der Waals surface area contributed by atoms with Gasteiger partial charge in [0.25, 0.3) is 0 Å². The molecule has 0 bridgehead atoms. The number of aliphatic hydroxyl groups is 3. The van der Waals surface area contributed by atoms with Crippen molar-refractivity contribution >= 4 is 11.9 Å². The fraction of sp³-hybridized carbons (Fsp3) is 0.917. The second-order valence-corrected chi connectivity index (χ2v) is 9.16. The Balaban J connectivity index is 2.35. The normalized spacial score (nSPS) is 27.2. The van der Waals surface area contributed by atoms with Crippen molar-refractivity contribution in [2.24, 2.45) is 0 Å². The molecule has 9 nitrogen and oxygen atoms in total. The first-order chi connectivity index (χ1) is 15.6. The van der Waals surface area contributed by atoms with Crippen LogP contribution < -0.4 is 0 Å². The van der Waals surface area contributed by atoms with Crippen LogP contribution in [0.4, 0.5) is 0 Å². The number of ether oxygens (including phenoxy) is 3. The number of carboxylic acids is 1. The van der Waals surface area contributed by atoms with Crippen LogP contribution in [0.3, 0.4) is 0 Å². The summed E-state index contributed by atoms with van der Waals surface area (Å²) in [5, 5.41) is 38.8. The second-order valence-electron chi connectivity index (χ2n) is 9.16. The molecule has 1 aliphatic heterocycles. The van der Waals surface area contributed by atoms with Gasteiger partial charge in [0.15, 0.2) is 6.29 Å². The van der Waals surface area contributed by atoms with Gasteiger partial charge in [-0.2, -0.15) is 0 Å². The lowest BCUT2D eigenvalue weighted by atomic mass is 10.00. The van der Waals surface area contributed by atoms with E-state index in [-0.39, 0.29) is 12.8 Å². The van der Waals surface area contributed by atoms with Gasteiger partial charge in [-0.15, -0.1) is 0 Å². The highest BCUT2D eigenvalue weighted by atomic mass is 16.7. The summed E-state index contributed by atoms with van der Waals surface area (Å²) in [6.07, 6.45) is 2.94. The minimum atomic E-state index is -1.46. The molecule has 1 rings (SSSR count). The summed E-state index contributed by atoms with van der Waals surface area (Å²) < 4.78 is 16.3. The molecule has 9 heteroatoms. The van der Waals surface area contributed by atoms with E-state index in [1.54, 1.807) is 6.92 Å². The second kappa shape index (κ2) is 16.4. The smallest absolute Gasteiger partial charge is 0.308 e. The first-order valence-electron chi connectivity index (χ1n) is 12.4. The highest BCUT2D eigenvalue weighted by Crippen LogP contribution is 2.23. The minimum absolute atomic E-state index is 0.159. The topological polar surface area (TPSA) is 143 Å². The van der Waals surface area contributed by atoms with E-state index >= 15 is 0 Å². The van der Waals surface area contributed by atoms with E-state index < -0.39 is 54.9 Å². The third-order valence-corrected chi connectivity index (χ3v) is 5.96. The van der Waals surface area contributed by atoms with Gasteiger partial charge in [0.2, 0.25) is 0 Å². The maximum atomic E-state index is 12.3. The van der Waals surface area contributed by atoms with Gasteiger partial charge in [-0.05, 0) is 26.7 Å². The summed E-state index contributed by atoms with van der Waals surface area (Å²) in [4.78, 5) is 23.5. The Kier molecular flexibility index (Phi) is 14.8. The minimum Gasteiger partial charge on any atom is -0.481 e. The van der Waals surface area contributed by atoms with Crippen molar-refractivity contribution in [3.05, 3.63) is 0 Å². The molecule has 0 amide bonds. The first kappa shape index (κ1) is 29.8. The van der Waals surface area contributed by atoms with E-state index in [2.05, 4.69) is 6.92 Å². The molecule has 0 aromatic heterocycles. The van der Waals surface area contributed by atoms with Crippen LogP contribution in [0.25, 0.3) is 0 Å². The lowest BCUT2D eigenvalue weighted by Gasteiger charge is -2.39. The largest absolute Gasteiger partial charge is 0.481 e. The molecule has 4 N–H and O–H groups in total. The summed E-state index contributed by atoms with van der Waals surface area (Å²) in [5.74, 6) is -1.61. The number of esters is 1. The zero-order valence-corrected chi connectivity index (χ0v) is 20.4. The molecule has 1 saturated heterocycles. The molecule has 7 atom stereocenters. The van der Waals surface area contributed by atoms with E-state index in [0.29, 0.717) is 6.42 Å². The molecule has 0 spiro atoms. The number of carboxylic acid groups (broad SMARTS) is 1. The van der Waals surface area contributed by atoms with Crippen LogP contribution in [0.2, 0.25) is 0 Å². The number of rotatable bonds is 17. The standard InChI is InChI=1S/C24H44O9/c1-4-5-6-7-8-9-10-11-12-13-18(15-19(25)26)33-20(27)14-16(2)31-24-23(30)22(29)21(28)17(3)32-24/h16-18,21-24,28-30H,4-15H2,1-3H3,(H,25,26)/t16-,17+,18-,21+,22-,23-,24-/m1/s1. The summed E-state index contributed by atoms with van der Waals surface area (Å²) in [7, 11) is 0. The average Bonchev–Trinajstić information content (AvgIpc) is 2.74. The highest BCUT2D eigenvalue weighted by molar-refractivity contribution is 5.71. The number of carbonyl (C=O) groups excluding carboxylic acids is 1. The lowest BCUT2D eigenvalue weighted by Crippen LogP contribution is -2.57. The van der Waals surface area contributed by atoms with Crippen LogP contribution in [0.1, 0.15) is 97.8 Å². The van der Waals surface area contributed by atoms with E-state index in [1.807, 2.05) is 0 Å². The Morgan fingerprint density at radius 3 is 2.03 bits per heavy atom. The molecule has 0 radical (unpaired) electrons. The quantitative estimate of drug-likeness (QED) is 0.184. The van der Waals surface area contributed by atoms with Crippen molar-refractivity contribution in [3.63, 3.8) is 0 Å². The molecule has 1 heterocycles. The Morgan fingerprint density at radius 2 is 1.45 bits per heavy atom. The molecule has 0 aromatic carbocycles. The fourth-order valence-corrected chi connectivity index (χ4v) is 3.95. The summed E-state index contributed by atoms with van der Waals surface area (Å²) in [6, 6.07) is 0. The summed E-state index contributed by atoms with van der Waals surface area (Å²) >= 11 is 0. The predicted octanol–water partition coefficient (Wildman–Crippen LogP) is 2.92. The summed E-state index contributed by atoms with van der Waals surface area (Å²) in [6.45, 7) is 5.32. The molecular formula is C24H44O9. The van der Waals surface area contributed by atoms with Crippen LogP contribution in [-0.4, -0.2) is 75.3 Å². The van der Waals surface area contributed by atoms with Crippen LogP contribution in [0, 0.1) is 0 Å². The van der Waals surface area contributed by atoms with Gasteiger partial charge < -0.3 is 34.6 Å². The van der Waals surface area contributed by atoms with Crippen LogP contribution in [0.15, 0.2) is 0 Å². The van der Waals surface area contributed by atoms with Crippen molar-refractivity contribution in [3.8, 4) is 0 Å². The molecule has 0 aliphatic carbocycles. The number of aliphatic hydroxyl groups excluding tert-OH is 3. The Labute approximate surface area is 197 Å².